The van der Waals surface area contributed by atoms with Crippen LogP contribution in [-0.4, -0.2) is 6.61 Å². The Morgan fingerprint density at radius 3 is 2.70 bits per heavy atom. The van der Waals surface area contributed by atoms with Crippen LogP contribution in [0.2, 0.25) is 0 Å². The number of hydrogen-bond acceptors (Lipinski definition) is 3. The maximum Gasteiger partial charge on any atom is 0.124 e. The predicted molar refractivity (Wildman–Crippen MR) is 78.2 cm³/mol. The van der Waals surface area contributed by atoms with E-state index in [1.807, 2.05) is 54.6 Å². The maximum atomic E-state index is 5.64. The topological polar surface area (TPSA) is 30.5 Å². The van der Waals surface area contributed by atoms with E-state index in [-0.39, 0.29) is 6.04 Å². The van der Waals surface area contributed by atoms with E-state index in [1.165, 1.54) is 0 Å². The molecular weight excluding hydrogens is 250 g/mol. The second kappa shape index (κ2) is 5.90. The molecule has 3 nitrogen and oxygen atoms in total. The van der Waals surface area contributed by atoms with Crippen molar-refractivity contribution in [1.82, 2.24) is 5.48 Å². The van der Waals surface area contributed by atoms with E-state index in [1.54, 1.807) is 0 Å². The van der Waals surface area contributed by atoms with Crippen molar-refractivity contribution in [3.63, 3.8) is 0 Å². The van der Waals surface area contributed by atoms with Crippen LogP contribution in [0.3, 0.4) is 0 Å². The fraction of sp³-hybridized carbons (Fsp3) is 0.176. The van der Waals surface area contributed by atoms with Gasteiger partial charge in [0.05, 0.1) is 12.6 Å². The Hall–Kier alpha value is -2.10. The summed E-state index contributed by atoms with van der Waals surface area (Å²) < 4.78 is 5.64. The Labute approximate surface area is 118 Å². The average Bonchev–Trinajstić information content (AvgIpc) is 2.50. The number of fused-ring (bicyclic) bond motifs is 1. The molecule has 102 valence electrons. The minimum Gasteiger partial charge on any atom is -0.489 e. The van der Waals surface area contributed by atoms with Gasteiger partial charge in [-0.3, -0.25) is 4.84 Å². The van der Waals surface area contributed by atoms with Crippen molar-refractivity contribution >= 4 is 0 Å². The normalized spacial score (nSPS) is 17.4. The first-order valence-corrected chi connectivity index (χ1v) is 6.65. The molecule has 3 rings (SSSR count). The highest BCUT2D eigenvalue weighted by Gasteiger charge is 2.24. The number of rotatable bonds is 4. The molecule has 3 heteroatoms. The predicted octanol–water partition coefficient (Wildman–Crippen LogP) is 3.40. The Morgan fingerprint density at radius 2 is 1.85 bits per heavy atom. The molecule has 0 amide bonds. The van der Waals surface area contributed by atoms with Gasteiger partial charge < -0.3 is 4.74 Å². The highest BCUT2D eigenvalue weighted by Crippen LogP contribution is 2.33. The van der Waals surface area contributed by atoms with Crippen molar-refractivity contribution in [2.45, 2.75) is 12.6 Å². The Balaban J connectivity index is 1.66. The monoisotopic (exact) mass is 267 g/mol. The summed E-state index contributed by atoms with van der Waals surface area (Å²) in [7, 11) is 0. The third-order valence-corrected chi connectivity index (χ3v) is 3.33. The van der Waals surface area contributed by atoms with E-state index in [0.717, 1.165) is 22.4 Å². The lowest BCUT2D eigenvalue weighted by Gasteiger charge is -2.28. The van der Waals surface area contributed by atoms with Gasteiger partial charge in [0.25, 0.3) is 0 Å². The van der Waals surface area contributed by atoms with Gasteiger partial charge in [-0.15, -0.1) is 0 Å². The number of nitrogens with one attached hydrogen (secondary N) is 1. The van der Waals surface area contributed by atoms with Crippen LogP contribution in [-0.2, 0) is 11.4 Å². The summed E-state index contributed by atoms with van der Waals surface area (Å²) >= 11 is 0. The molecule has 1 aliphatic heterocycles. The Kier molecular flexibility index (Phi) is 3.81. The lowest BCUT2D eigenvalue weighted by Crippen LogP contribution is -2.29. The first-order valence-electron chi connectivity index (χ1n) is 6.65. The van der Waals surface area contributed by atoms with Gasteiger partial charge in [-0.05, 0) is 17.2 Å². The lowest BCUT2D eigenvalue weighted by atomic mass is 9.98. The molecular formula is C17H17NO2. The van der Waals surface area contributed by atoms with Crippen molar-refractivity contribution in [1.29, 1.82) is 0 Å². The van der Waals surface area contributed by atoms with Crippen LogP contribution in [0, 0.1) is 0 Å². The zero-order valence-electron chi connectivity index (χ0n) is 11.2. The smallest absolute Gasteiger partial charge is 0.124 e. The van der Waals surface area contributed by atoms with Gasteiger partial charge in [-0.1, -0.05) is 55.1 Å². The second-order valence-corrected chi connectivity index (χ2v) is 4.81. The van der Waals surface area contributed by atoms with E-state index in [4.69, 9.17) is 9.57 Å². The Bertz CT molecular complexity index is 595. The van der Waals surface area contributed by atoms with E-state index >= 15 is 0 Å². The molecule has 0 aliphatic carbocycles. The second-order valence-electron chi connectivity index (χ2n) is 4.81. The summed E-state index contributed by atoms with van der Waals surface area (Å²) in [5, 5.41) is 0. The summed E-state index contributed by atoms with van der Waals surface area (Å²) in [6.07, 6.45) is 0. The molecule has 0 aromatic heterocycles. The van der Waals surface area contributed by atoms with Crippen molar-refractivity contribution in [2.24, 2.45) is 0 Å². The molecule has 2 aromatic carbocycles. The molecule has 1 N–H and O–H groups in total. The number of hydrogen-bond donors (Lipinski definition) is 1. The van der Waals surface area contributed by atoms with Crippen LogP contribution in [0.4, 0.5) is 0 Å². The summed E-state index contributed by atoms with van der Waals surface area (Å²) in [6, 6.07) is 18.0. The third-order valence-electron chi connectivity index (χ3n) is 3.33. The van der Waals surface area contributed by atoms with Crippen molar-refractivity contribution in [3.8, 4) is 5.75 Å². The fourth-order valence-corrected chi connectivity index (χ4v) is 2.25. The molecule has 0 radical (unpaired) electrons. The Morgan fingerprint density at radius 1 is 1.10 bits per heavy atom. The average molecular weight is 267 g/mol. The standard InChI is InChI=1S/C17H17NO2/c1-13-11-19-16-10-6-5-9-15(16)17(13)18-20-12-14-7-3-2-4-8-14/h2-10,17-18H,1,11-12H2/t17-/m0/s1. The quantitative estimate of drug-likeness (QED) is 0.680. The molecule has 0 spiro atoms. The van der Waals surface area contributed by atoms with Crippen LogP contribution in [0.5, 0.6) is 5.75 Å². The first kappa shape index (κ1) is 12.9. The van der Waals surface area contributed by atoms with Gasteiger partial charge in [-0.25, -0.2) is 0 Å². The summed E-state index contributed by atoms with van der Waals surface area (Å²) in [6.45, 7) is 5.09. The van der Waals surface area contributed by atoms with Crippen LogP contribution >= 0.6 is 0 Å². The minimum absolute atomic E-state index is 0.0244. The SMILES string of the molecule is C=C1COc2ccccc2[C@H]1NOCc1ccccc1. The summed E-state index contributed by atoms with van der Waals surface area (Å²) in [5.74, 6) is 0.890. The molecule has 1 heterocycles. The van der Waals surface area contributed by atoms with Gasteiger partial charge in [0.15, 0.2) is 0 Å². The largest absolute Gasteiger partial charge is 0.489 e. The van der Waals surface area contributed by atoms with Gasteiger partial charge in [-0.2, -0.15) is 5.48 Å². The molecule has 1 aliphatic rings. The van der Waals surface area contributed by atoms with Crippen LogP contribution in [0.15, 0.2) is 66.7 Å². The van der Waals surface area contributed by atoms with E-state index < -0.39 is 0 Å². The molecule has 0 bridgehead atoms. The van der Waals surface area contributed by atoms with Crippen molar-refractivity contribution < 1.29 is 9.57 Å². The molecule has 1 atom stereocenters. The summed E-state index contributed by atoms with van der Waals surface area (Å²) in [4.78, 5) is 5.62. The number of para-hydroxylation sites is 1. The van der Waals surface area contributed by atoms with Gasteiger partial charge in [0.2, 0.25) is 0 Å². The fourth-order valence-electron chi connectivity index (χ4n) is 2.25. The number of benzene rings is 2. The third kappa shape index (κ3) is 2.74. The van der Waals surface area contributed by atoms with Crippen LogP contribution in [0.25, 0.3) is 0 Å². The maximum absolute atomic E-state index is 5.64. The van der Waals surface area contributed by atoms with Gasteiger partial charge >= 0.3 is 0 Å². The van der Waals surface area contributed by atoms with Crippen LogP contribution in [0.1, 0.15) is 17.2 Å². The summed E-state index contributed by atoms with van der Waals surface area (Å²) in [5.41, 5.74) is 6.26. The molecule has 0 saturated carbocycles. The lowest BCUT2D eigenvalue weighted by molar-refractivity contribution is 0.00646. The highest BCUT2D eigenvalue weighted by atomic mass is 16.6. The van der Waals surface area contributed by atoms with E-state index in [2.05, 4.69) is 12.1 Å². The molecule has 0 unspecified atom stereocenters. The zero-order valence-corrected chi connectivity index (χ0v) is 11.2. The number of ether oxygens (including phenoxy) is 1. The van der Waals surface area contributed by atoms with Gasteiger partial charge in [0, 0.05) is 5.56 Å². The highest BCUT2D eigenvalue weighted by molar-refractivity contribution is 5.42. The van der Waals surface area contributed by atoms with Crippen molar-refractivity contribution in [3.05, 3.63) is 77.9 Å². The van der Waals surface area contributed by atoms with Gasteiger partial charge in [0.1, 0.15) is 12.4 Å². The minimum atomic E-state index is -0.0244. The van der Waals surface area contributed by atoms with Crippen molar-refractivity contribution in [2.75, 3.05) is 6.61 Å². The van der Waals surface area contributed by atoms with E-state index in [9.17, 15) is 0 Å². The number of hydroxylamine groups is 1. The zero-order chi connectivity index (χ0) is 13.8. The van der Waals surface area contributed by atoms with E-state index in [0.29, 0.717) is 13.2 Å². The molecule has 0 saturated heterocycles. The van der Waals surface area contributed by atoms with Crippen LogP contribution < -0.4 is 10.2 Å². The molecule has 20 heavy (non-hydrogen) atoms. The molecule has 2 aromatic rings. The molecule has 0 fully saturated rings. The first-order chi connectivity index (χ1) is 9.84.